The third-order valence-electron chi connectivity index (χ3n) is 1.36. The van der Waals surface area contributed by atoms with Crippen molar-refractivity contribution in [1.82, 2.24) is 2.94 Å². The van der Waals surface area contributed by atoms with E-state index in [2.05, 4.69) is 48.1 Å². The monoisotopic (exact) mass is 565 g/mol. The molecule has 0 saturated heterocycles. The summed E-state index contributed by atoms with van der Waals surface area (Å²) in [7, 11) is -3.11. The Morgan fingerprint density at radius 3 is 2.20 bits per heavy atom. The molecule has 0 atom stereocenters. The number of alkyl halides is 3. The fourth-order valence-electron chi connectivity index (χ4n) is 0.875. The normalized spacial score (nSPS) is 12.9. The predicted molar refractivity (Wildman–Crippen MR) is 89.0 cm³/mol. The Bertz CT molecular complexity index is 407. The zero-order valence-electron chi connectivity index (χ0n) is 7.82. The van der Waals surface area contributed by atoms with Gasteiger partial charge in [-0.1, -0.05) is 0 Å². The van der Waals surface area contributed by atoms with E-state index in [1.807, 2.05) is 30.3 Å². The Hall–Kier alpha value is 1.32. The van der Waals surface area contributed by atoms with E-state index in [-0.39, 0.29) is 0 Å². The molecule has 3 nitrogen and oxygen atoms in total. The van der Waals surface area contributed by atoms with Crippen LogP contribution in [0.15, 0.2) is 30.3 Å². The van der Waals surface area contributed by atoms with Gasteiger partial charge in [0.1, 0.15) is 0 Å². The summed E-state index contributed by atoms with van der Waals surface area (Å²) in [5.41, 5.74) is 0. The van der Waals surface area contributed by atoms with Gasteiger partial charge in [0.2, 0.25) is 0 Å². The zero-order valence-corrected chi connectivity index (χ0v) is 15.1. The van der Waals surface area contributed by atoms with Crippen LogP contribution in [-0.2, 0) is 10.0 Å². The average Bonchev–Trinajstić information content (AvgIpc) is 2.14. The van der Waals surface area contributed by atoms with Crippen LogP contribution in [0.4, 0.5) is 0 Å². The molecule has 1 aromatic carbocycles. The van der Waals surface area contributed by atoms with E-state index in [1.54, 1.807) is 0 Å². The van der Waals surface area contributed by atoms with Crippen molar-refractivity contribution >= 4 is 75.3 Å². The maximum absolute atomic E-state index is 11.2. The number of nitrogens with one attached hydrogen (secondary N) is 1. The first kappa shape index (κ1) is 14.4. The molecule has 1 aromatic rings. The Morgan fingerprint density at radius 1 is 1.27 bits per heavy atom. The van der Waals surface area contributed by atoms with E-state index in [4.69, 9.17) is 0 Å². The van der Waals surface area contributed by atoms with E-state index in [0.717, 1.165) is 3.57 Å². The number of benzene rings is 1. The molecule has 86 valence electrons. The molecule has 0 spiro atoms. The van der Waals surface area contributed by atoms with Crippen LogP contribution >= 0.6 is 65.3 Å². The van der Waals surface area contributed by atoms with Crippen LogP contribution in [0.25, 0.3) is 0 Å². The van der Waals surface area contributed by atoms with Crippen LogP contribution in [0.1, 0.15) is 0 Å². The van der Waals surface area contributed by atoms with Crippen molar-refractivity contribution in [1.29, 1.82) is 0 Å². The van der Waals surface area contributed by atoms with E-state index < -0.39 is 30.1 Å². The molecular weight excluding hydrogens is 555 g/mol. The molecule has 0 unspecified atom stereocenters. The van der Waals surface area contributed by atoms with Gasteiger partial charge in [0.05, 0.1) is 0 Å². The van der Waals surface area contributed by atoms with Crippen molar-refractivity contribution in [2.45, 2.75) is -0.0619 Å². The Kier molecular flexibility index (Phi) is 6.05. The number of rotatable bonds is 4. The number of hydrogen-bond donors (Lipinski definition) is 1. The molecule has 0 fully saturated rings. The summed E-state index contributed by atoms with van der Waals surface area (Å²) in [5.74, 6) is 0. The van der Waals surface area contributed by atoms with Crippen LogP contribution in [0.3, 0.4) is 0 Å². The molecule has 0 saturated carbocycles. The van der Waals surface area contributed by atoms with Gasteiger partial charge in [-0.2, -0.15) is 0 Å². The SMILES string of the molecule is CS(=O)(=O)NI(c1ccccc1)C(I)I. The molecule has 0 radical (unpaired) electrons. The van der Waals surface area contributed by atoms with Gasteiger partial charge in [-0.15, -0.1) is 0 Å². The third kappa shape index (κ3) is 5.46. The van der Waals surface area contributed by atoms with Crippen molar-refractivity contribution in [3.8, 4) is 0 Å². The van der Waals surface area contributed by atoms with Gasteiger partial charge in [0, 0.05) is 0 Å². The Balaban J connectivity index is 2.95. The van der Waals surface area contributed by atoms with Crippen LogP contribution in [0, 0.1) is 3.57 Å². The molecule has 7 heteroatoms. The quantitative estimate of drug-likeness (QED) is 0.347. The van der Waals surface area contributed by atoms with Gasteiger partial charge in [0.15, 0.2) is 0 Å². The molecule has 0 bridgehead atoms. The molecule has 0 heterocycles. The summed E-state index contributed by atoms with van der Waals surface area (Å²) >= 11 is 2.71. The molecule has 0 aliphatic carbocycles. The van der Waals surface area contributed by atoms with Crippen molar-refractivity contribution < 1.29 is 8.42 Å². The number of hydrogen-bond acceptors (Lipinski definition) is 2. The third-order valence-corrected chi connectivity index (χ3v) is 14.9. The Labute approximate surface area is 125 Å². The molecule has 0 aliphatic rings. The molecule has 15 heavy (non-hydrogen) atoms. The van der Waals surface area contributed by atoms with Crippen LogP contribution in [0.5, 0.6) is 0 Å². The minimum atomic E-state index is -3.11. The minimum absolute atomic E-state index is 0.321. The summed E-state index contributed by atoms with van der Waals surface area (Å²) in [6, 6.07) is 9.81. The van der Waals surface area contributed by atoms with E-state index in [9.17, 15) is 8.42 Å². The van der Waals surface area contributed by atoms with Crippen molar-refractivity contribution in [3.05, 3.63) is 33.9 Å². The summed E-state index contributed by atoms with van der Waals surface area (Å²) in [5, 5.41) is 0. The van der Waals surface area contributed by atoms with Crippen molar-refractivity contribution in [2.24, 2.45) is 0 Å². The first-order valence-corrected chi connectivity index (χ1v) is 11.7. The van der Waals surface area contributed by atoms with Gasteiger partial charge in [-0.05, 0) is 0 Å². The molecule has 0 amide bonds. The second-order valence-electron chi connectivity index (χ2n) is 2.71. The first-order chi connectivity index (χ1) is 6.90. The van der Waals surface area contributed by atoms with Gasteiger partial charge in [-0.25, -0.2) is 0 Å². The van der Waals surface area contributed by atoms with Gasteiger partial charge >= 0.3 is 127 Å². The predicted octanol–water partition coefficient (Wildman–Crippen LogP) is 2.98. The fraction of sp³-hybridized carbons (Fsp3) is 0.250. The second kappa shape index (κ2) is 6.31. The van der Waals surface area contributed by atoms with Gasteiger partial charge in [0.25, 0.3) is 0 Å². The van der Waals surface area contributed by atoms with Crippen LogP contribution in [-0.4, -0.2) is 14.6 Å². The van der Waals surface area contributed by atoms with E-state index in [0.29, 0.717) is -0.0619 Å². The summed E-state index contributed by atoms with van der Waals surface area (Å²) in [6.45, 7) is 0. The molecule has 1 rings (SSSR count). The first-order valence-electron chi connectivity index (χ1n) is 3.89. The molecule has 0 aliphatic heterocycles. The maximum atomic E-state index is 11.2. The van der Waals surface area contributed by atoms with Crippen molar-refractivity contribution in [2.75, 3.05) is 6.26 Å². The number of sulfonamides is 1. The van der Waals surface area contributed by atoms with Crippen LogP contribution < -0.4 is 2.94 Å². The Morgan fingerprint density at radius 2 is 1.80 bits per heavy atom. The van der Waals surface area contributed by atoms with E-state index >= 15 is 0 Å². The average molecular weight is 565 g/mol. The van der Waals surface area contributed by atoms with E-state index in [1.165, 1.54) is 6.26 Å². The summed E-state index contributed by atoms with van der Waals surface area (Å²) < 4.78 is 26.7. The molecule has 0 aromatic heterocycles. The summed E-state index contributed by atoms with van der Waals surface area (Å²) in [6.07, 6.45) is 1.22. The topological polar surface area (TPSA) is 46.2 Å². The fourth-order valence-corrected chi connectivity index (χ4v) is 14.5. The summed E-state index contributed by atoms with van der Waals surface area (Å²) in [4.78, 5) is 0. The van der Waals surface area contributed by atoms with Crippen LogP contribution in [0.2, 0.25) is 0 Å². The van der Waals surface area contributed by atoms with Crippen molar-refractivity contribution in [3.63, 3.8) is 0 Å². The standard InChI is InChI=1S/C8H10I3NO2S/c1-15(13,14)12-11(8(9)10)7-5-3-2-4-6-7/h2-6,8,12H,1H3. The molecular formula is C8H10I3NO2S. The van der Waals surface area contributed by atoms with Gasteiger partial charge in [-0.3, -0.25) is 0 Å². The second-order valence-corrected chi connectivity index (χ2v) is 19.6. The number of halogens is 3. The zero-order chi connectivity index (χ0) is 11.5. The van der Waals surface area contributed by atoms with Gasteiger partial charge < -0.3 is 0 Å². The molecule has 1 N–H and O–H groups in total.